The van der Waals surface area contributed by atoms with Crippen LogP contribution in [-0.4, -0.2) is 31.5 Å². The predicted octanol–water partition coefficient (Wildman–Crippen LogP) is 2.78. The van der Waals surface area contributed by atoms with Crippen molar-refractivity contribution in [2.75, 3.05) is 11.4 Å². The van der Waals surface area contributed by atoms with Gasteiger partial charge in [0.1, 0.15) is 17.3 Å². The number of nitrogens with zero attached hydrogens (tertiary/aromatic N) is 6. The summed E-state index contributed by atoms with van der Waals surface area (Å²) >= 11 is 0. The Balaban J connectivity index is 1.75. The van der Waals surface area contributed by atoms with E-state index in [0.29, 0.717) is 18.1 Å². The van der Waals surface area contributed by atoms with Crippen LogP contribution in [0.15, 0.2) is 22.7 Å². The van der Waals surface area contributed by atoms with Crippen LogP contribution in [-0.2, 0) is 6.18 Å². The Morgan fingerprint density at radius 3 is 2.79 bits per heavy atom. The lowest BCUT2D eigenvalue weighted by molar-refractivity contribution is -0.146. The van der Waals surface area contributed by atoms with Gasteiger partial charge in [0.05, 0.1) is 6.04 Å². The highest BCUT2D eigenvalue weighted by Crippen LogP contribution is 2.35. The van der Waals surface area contributed by atoms with Gasteiger partial charge in [-0.05, 0) is 31.9 Å². The van der Waals surface area contributed by atoms with Gasteiger partial charge in [0.25, 0.3) is 5.82 Å². The van der Waals surface area contributed by atoms with Gasteiger partial charge in [-0.25, -0.2) is 0 Å². The molecule has 1 aliphatic rings. The lowest BCUT2D eigenvalue weighted by Gasteiger charge is -2.23. The zero-order chi connectivity index (χ0) is 16.9. The predicted molar refractivity (Wildman–Crippen MR) is 76.3 cm³/mol. The molecule has 3 aromatic heterocycles. The maximum atomic E-state index is 13.0. The molecule has 0 saturated carbocycles. The second-order valence-corrected chi connectivity index (χ2v) is 5.70. The summed E-state index contributed by atoms with van der Waals surface area (Å²) < 4.78 is 44.9. The van der Waals surface area contributed by atoms with E-state index in [-0.39, 0.29) is 11.7 Å². The van der Waals surface area contributed by atoms with Crippen molar-refractivity contribution in [3.63, 3.8) is 0 Å². The molecular weight excluding hydrogens is 325 g/mol. The molecule has 126 valence electrons. The number of anilines is 1. The van der Waals surface area contributed by atoms with Gasteiger partial charge in [-0.1, -0.05) is 5.16 Å². The fourth-order valence-corrected chi connectivity index (χ4v) is 3.00. The molecule has 1 aliphatic heterocycles. The average Bonchev–Trinajstić information content (AvgIpc) is 3.23. The quantitative estimate of drug-likeness (QED) is 0.715. The second kappa shape index (κ2) is 5.18. The molecule has 4 rings (SSSR count). The Hall–Kier alpha value is -2.65. The molecule has 0 radical (unpaired) electrons. The van der Waals surface area contributed by atoms with Crippen molar-refractivity contribution in [1.82, 2.24) is 25.0 Å². The fraction of sp³-hybridized carbons (Fsp3) is 0.429. The molecule has 7 nitrogen and oxygen atoms in total. The lowest BCUT2D eigenvalue weighted by Crippen LogP contribution is -2.25. The number of rotatable bonds is 2. The van der Waals surface area contributed by atoms with Gasteiger partial charge in [0.15, 0.2) is 5.65 Å². The van der Waals surface area contributed by atoms with E-state index in [1.54, 1.807) is 13.0 Å². The number of hydrogen-bond donors (Lipinski definition) is 0. The van der Waals surface area contributed by atoms with Gasteiger partial charge in [0, 0.05) is 12.6 Å². The van der Waals surface area contributed by atoms with Crippen molar-refractivity contribution in [2.45, 2.75) is 32.0 Å². The summed E-state index contributed by atoms with van der Waals surface area (Å²) in [6, 6.07) is 4.89. The first-order valence-electron chi connectivity index (χ1n) is 7.43. The van der Waals surface area contributed by atoms with Crippen LogP contribution in [0.25, 0.3) is 5.65 Å². The van der Waals surface area contributed by atoms with Crippen LogP contribution in [0.2, 0.25) is 0 Å². The van der Waals surface area contributed by atoms with Gasteiger partial charge in [-0.2, -0.15) is 17.7 Å². The molecule has 0 N–H and O–H groups in total. The Morgan fingerprint density at radius 1 is 1.25 bits per heavy atom. The summed E-state index contributed by atoms with van der Waals surface area (Å²) in [7, 11) is 0. The van der Waals surface area contributed by atoms with E-state index in [9.17, 15) is 13.2 Å². The van der Waals surface area contributed by atoms with Gasteiger partial charge >= 0.3 is 6.18 Å². The number of aryl methyl sites for hydroxylation is 1. The van der Waals surface area contributed by atoms with E-state index in [1.165, 1.54) is 6.07 Å². The number of hydrogen-bond acceptors (Lipinski definition) is 6. The number of alkyl halides is 3. The minimum Gasteiger partial charge on any atom is -0.361 e. The first kappa shape index (κ1) is 14.9. The van der Waals surface area contributed by atoms with Crippen LogP contribution in [0.3, 0.4) is 0 Å². The number of fused-ring (bicyclic) bond motifs is 1. The normalized spacial score (nSPS) is 18.7. The largest absolute Gasteiger partial charge is 0.453 e. The smallest absolute Gasteiger partial charge is 0.361 e. The van der Waals surface area contributed by atoms with Crippen molar-refractivity contribution >= 4 is 11.5 Å². The topological polar surface area (TPSA) is 72.4 Å². The number of halogens is 3. The minimum atomic E-state index is -4.61. The molecule has 0 bridgehead atoms. The molecule has 1 atom stereocenters. The third kappa shape index (κ3) is 2.38. The van der Waals surface area contributed by atoms with E-state index in [1.807, 2.05) is 11.0 Å². The molecule has 1 saturated heterocycles. The summed E-state index contributed by atoms with van der Waals surface area (Å²) in [4.78, 5) is 1.93. The van der Waals surface area contributed by atoms with Crippen LogP contribution in [0, 0.1) is 6.92 Å². The highest BCUT2D eigenvalue weighted by Gasteiger charge is 2.38. The van der Waals surface area contributed by atoms with Crippen LogP contribution in [0.5, 0.6) is 0 Å². The Morgan fingerprint density at radius 2 is 2.08 bits per heavy atom. The van der Waals surface area contributed by atoms with Crippen LogP contribution in [0.1, 0.15) is 36.2 Å². The Kier molecular flexibility index (Phi) is 3.22. The Labute approximate surface area is 134 Å². The van der Waals surface area contributed by atoms with Crippen molar-refractivity contribution < 1.29 is 17.7 Å². The maximum Gasteiger partial charge on any atom is 0.453 e. The second-order valence-electron chi connectivity index (χ2n) is 5.70. The molecule has 0 amide bonds. The summed E-state index contributed by atoms with van der Waals surface area (Å²) in [5.74, 6) is -0.0123. The Bertz CT molecular complexity index is 886. The van der Waals surface area contributed by atoms with Crippen LogP contribution >= 0.6 is 0 Å². The third-order valence-corrected chi connectivity index (χ3v) is 4.04. The molecule has 3 aromatic rings. The summed E-state index contributed by atoms with van der Waals surface area (Å²) in [6.45, 7) is 2.48. The van der Waals surface area contributed by atoms with Gasteiger partial charge in [-0.15, -0.1) is 15.3 Å². The number of aromatic nitrogens is 5. The monoisotopic (exact) mass is 338 g/mol. The van der Waals surface area contributed by atoms with E-state index in [0.717, 1.165) is 23.1 Å². The zero-order valence-corrected chi connectivity index (χ0v) is 12.7. The van der Waals surface area contributed by atoms with Gasteiger partial charge < -0.3 is 9.42 Å². The van der Waals surface area contributed by atoms with Crippen LogP contribution < -0.4 is 4.90 Å². The molecule has 0 aliphatic carbocycles. The first-order chi connectivity index (χ1) is 11.4. The van der Waals surface area contributed by atoms with Crippen molar-refractivity contribution in [3.05, 3.63) is 35.5 Å². The van der Waals surface area contributed by atoms with Crippen molar-refractivity contribution in [1.29, 1.82) is 0 Å². The molecule has 0 spiro atoms. The standard InChI is InChI=1S/C14H13F3N6O/c1-8-7-9(21-24-8)10-3-2-6-22(10)12-5-4-11-18-19-13(14(15,16)17)23(11)20-12/h4-5,7,10H,2-3,6H2,1H3/t10-/m1/s1. The van der Waals surface area contributed by atoms with E-state index < -0.39 is 12.0 Å². The summed E-state index contributed by atoms with van der Waals surface area (Å²) in [5.41, 5.74) is 0.811. The molecule has 1 fully saturated rings. The summed E-state index contributed by atoms with van der Waals surface area (Å²) in [6.07, 6.45) is -2.89. The fourth-order valence-electron chi connectivity index (χ4n) is 3.00. The maximum absolute atomic E-state index is 13.0. The zero-order valence-electron chi connectivity index (χ0n) is 12.7. The molecule has 10 heteroatoms. The van der Waals surface area contributed by atoms with E-state index >= 15 is 0 Å². The van der Waals surface area contributed by atoms with Crippen molar-refractivity contribution in [2.24, 2.45) is 0 Å². The van der Waals surface area contributed by atoms with E-state index in [2.05, 4.69) is 20.5 Å². The summed E-state index contributed by atoms with van der Waals surface area (Å²) in [5, 5.41) is 14.8. The average molecular weight is 338 g/mol. The van der Waals surface area contributed by atoms with E-state index in [4.69, 9.17) is 4.52 Å². The first-order valence-corrected chi connectivity index (χ1v) is 7.43. The molecule has 0 unspecified atom stereocenters. The lowest BCUT2D eigenvalue weighted by atomic mass is 10.1. The van der Waals surface area contributed by atoms with Gasteiger partial charge in [0.2, 0.25) is 0 Å². The SMILES string of the molecule is Cc1cc([C@H]2CCCN2c2ccc3nnc(C(F)(F)F)n3n2)no1. The highest BCUT2D eigenvalue weighted by molar-refractivity contribution is 5.48. The molecule has 24 heavy (non-hydrogen) atoms. The third-order valence-electron chi connectivity index (χ3n) is 4.04. The highest BCUT2D eigenvalue weighted by atomic mass is 19.4. The van der Waals surface area contributed by atoms with Crippen molar-refractivity contribution in [3.8, 4) is 0 Å². The molecular formula is C14H13F3N6O. The molecule has 4 heterocycles. The minimum absolute atomic E-state index is 0.0547. The van der Waals surface area contributed by atoms with Crippen LogP contribution in [0.4, 0.5) is 19.0 Å². The van der Waals surface area contributed by atoms with Gasteiger partial charge in [-0.3, -0.25) is 0 Å². The molecule has 0 aromatic carbocycles.